The van der Waals surface area contributed by atoms with Crippen molar-refractivity contribution in [2.75, 3.05) is 0 Å². The Kier molecular flexibility index (Phi) is 4.88. The zero-order valence-electron chi connectivity index (χ0n) is 9.96. The van der Waals surface area contributed by atoms with Crippen LogP contribution in [0.4, 0.5) is 0 Å². The summed E-state index contributed by atoms with van der Waals surface area (Å²) in [6.45, 7) is 2.11. The third-order valence-corrected chi connectivity index (χ3v) is 4.43. The maximum Gasteiger partial charge on any atom is 0.0460 e. The average molecular weight is 389 g/mol. The second kappa shape index (κ2) is 6.23. The van der Waals surface area contributed by atoms with Crippen molar-refractivity contribution in [3.05, 3.63) is 68.7 Å². The molecule has 0 fully saturated rings. The standard InChI is InChI=1S/C15H13Br2Cl/c1-10-3-2-4-11(7-10)8-14(17)13-6-5-12(16)9-15(13)18/h2-7,9,14H,8H2,1H3. The summed E-state index contributed by atoms with van der Waals surface area (Å²) in [7, 11) is 0. The fourth-order valence-electron chi connectivity index (χ4n) is 1.91. The predicted octanol–water partition coefficient (Wildman–Crippen LogP) is 6.09. The SMILES string of the molecule is Cc1cccc(CC(Br)c2ccc(Br)cc2Cl)c1. The van der Waals surface area contributed by atoms with Crippen LogP contribution in [0.3, 0.4) is 0 Å². The third kappa shape index (κ3) is 3.59. The molecule has 0 saturated heterocycles. The van der Waals surface area contributed by atoms with E-state index in [1.54, 1.807) is 0 Å². The number of alkyl halides is 1. The fraction of sp³-hybridized carbons (Fsp3) is 0.200. The lowest BCUT2D eigenvalue weighted by Crippen LogP contribution is -1.96. The van der Waals surface area contributed by atoms with Gasteiger partial charge in [0.2, 0.25) is 0 Å². The van der Waals surface area contributed by atoms with E-state index in [1.165, 1.54) is 11.1 Å². The van der Waals surface area contributed by atoms with Crippen molar-refractivity contribution in [3.8, 4) is 0 Å². The van der Waals surface area contributed by atoms with Crippen LogP contribution in [0.2, 0.25) is 5.02 Å². The molecule has 0 radical (unpaired) electrons. The number of benzene rings is 2. The lowest BCUT2D eigenvalue weighted by atomic mass is 10.0. The largest absolute Gasteiger partial charge is 0.0840 e. The lowest BCUT2D eigenvalue weighted by Gasteiger charge is -2.13. The van der Waals surface area contributed by atoms with Crippen molar-refractivity contribution in [1.82, 2.24) is 0 Å². The Morgan fingerprint density at radius 3 is 2.61 bits per heavy atom. The molecule has 0 aliphatic carbocycles. The molecule has 3 heteroatoms. The minimum absolute atomic E-state index is 0.236. The highest BCUT2D eigenvalue weighted by atomic mass is 79.9. The molecule has 0 aliphatic heterocycles. The van der Waals surface area contributed by atoms with Gasteiger partial charge in [-0.1, -0.05) is 79.4 Å². The Morgan fingerprint density at radius 1 is 1.17 bits per heavy atom. The summed E-state index contributed by atoms with van der Waals surface area (Å²) in [5, 5.41) is 0.791. The van der Waals surface area contributed by atoms with Gasteiger partial charge in [0.15, 0.2) is 0 Å². The Morgan fingerprint density at radius 2 is 1.94 bits per heavy atom. The molecule has 2 rings (SSSR count). The quantitative estimate of drug-likeness (QED) is 0.558. The Hall–Kier alpha value is -0.310. The number of hydrogen-bond donors (Lipinski definition) is 0. The molecule has 94 valence electrons. The van der Waals surface area contributed by atoms with Crippen LogP contribution in [-0.4, -0.2) is 0 Å². The van der Waals surface area contributed by atoms with Crippen molar-refractivity contribution in [2.45, 2.75) is 18.2 Å². The smallest absolute Gasteiger partial charge is 0.0460 e. The van der Waals surface area contributed by atoms with E-state index >= 15 is 0 Å². The van der Waals surface area contributed by atoms with E-state index in [4.69, 9.17) is 11.6 Å². The van der Waals surface area contributed by atoms with Crippen LogP contribution < -0.4 is 0 Å². The minimum atomic E-state index is 0.236. The van der Waals surface area contributed by atoms with Gasteiger partial charge in [0.05, 0.1) is 0 Å². The van der Waals surface area contributed by atoms with Crippen molar-refractivity contribution >= 4 is 43.5 Å². The van der Waals surface area contributed by atoms with Gasteiger partial charge in [0.1, 0.15) is 0 Å². The summed E-state index contributed by atoms with van der Waals surface area (Å²) in [5.41, 5.74) is 3.73. The molecule has 18 heavy (non-hydrogen) atoms. The van der Waals surface area contributed by atoms with Crippen LogP contribution in [0, 0.1) is 6.92 Å². The zero-order valence-corrected chi connectivity index (χ0v) is 13.9. The fourth-order valence-corrected chi connectivity index (χ4v) is 3.62. The Labute approximate surface area is 130 Å². The molecule has 0 nitrogen and oxygen atoms in total. The molecule has 1 atom stereocenters. The van der Waals surface area contributed by atoms with Gasteiger partial charge in [-0.2, -0.15) is 0 Å². The summed E-state index contributed by atoms with van der Waals surface area (Å²) >= 11 is 13.4. The topological polar surface area (TPSA) is 0 Å². The molecule has 0 heterocycles. The molecule has 0 aromatic heterocycles. The van der Waals surface area contributed by atoms with Gasteiger partial charge >= 0.3 is 0 Å². The van der Waals surface area contributed by atoms with E-state index in [1.807, 2.05) is 12.1 Å². The molecule has 0 bridgehead atoms. The van der Waals surface area contributed by atoms with Crippen LogP contribution in [0.15, 0.2) is 46.9 Å². The molecule has 0 N–H and O–H groups in total. The molecular weight excluding hydrogens is 375 g/mol. The predicted molar refractivity (Wildman–Crippen MR) is 85.7 cm³/mol. The summed E-state index contributed by atoms with van der Waals surface area (Å²) < 4.78 is 1.01. The van der Waals surface area contributed by atoms with Crippen LogP contribution >= 0.6 is 43.5 Å². The highest BCUT2D eigenvalue weighted by Gasteiger charge is 2.12. The maximum absolute atomic E-state index is 6.26. The minimum Gasteiger partial charge on any atom is -0.0840 e. The van der Waals surface area contributed by atoms with Gasteiger partial charge < -0.3 is 0 Å². The molecule has 1 unspecified atom stereocenters. The van der Waals surface area contributed by atoms with Gasteiger partial charge in [-0.15, -0.1) is 0 Å². The Bertz CT molecular complexity index is 552. The first kappa shape index (κ1) is 14.1. The summed E-state index contributed by atoms with van der Waals surface area (Å²) in [6.07, 6.45) is 0.934. The van der Waals surface area contributed by atoms with Gasteiger partial charge in [-0.25, -0.2) is 0 Å². The Balaban J connectivity index is 2.19. The van der Waals surface area contributed by atoms with Crippen LogP contribution in [0.5, 0.6) is 0 Å². The van der Waals surface area contributed by atoms with E-state index in [-0.39, 0.29) is 4.83 Å². The maximum atomic E-state index is 6.26. The van der Waals surface area contributed by atoms with E-state index in [0.717, 1.165) is 21.5 Å². The van der Waals surface area contributed by atoms with Crippen LogP contribution in [0.1, 0.15) is 21.5 Å². The van der Waals surface area contributed by atoms with Crippen molar-refractivity contribution in [3.63, 3.8) is 0 Å². The lowest BCUT2D eigenvalue weighted by molar-refractivity contribution is 0.947. The highest BCUT2D eigenvalue weighted by molar-refractivity contribution is 9.10. The molecule has 0 amide bonds. The van der Waals surface area contributed by atoms with Gasteiger partial charge in [-0.3, -0.25) is 0 Å². The first-order valence-corrected chi connectivity index (χ1v) is 7.79. The number of aryl methyl sites for hydroxylation is 1. The summed E-state index contributed by atoms with van der Waals surface area (Å²) in [5.74, 6) is 0. The number of rotatable bonds is 3. The molecule has 2 aromatic rings. The zero-order chi connectivity index (χ0) is 13.1. The monoisotopic (exact) mass is 386 g/mol. The number of halogens is 3. The molecule has 0 saturated carbocycles. The molecule has 2 aromatic carbocycles. The van der Waals surface area contributed by atoms with Gasteiger partial charge in [0.25, 0.3) is 0 Å². The third-order valence-electron chi connectivity index (χ3n) is 2.80. The van der Waals surface area contributed by atoms with Crippen molar-refractivity contribution < 1.29 is 0 Å². The summed E-state index contributed by atoms with van der Waals surface area (Å²) in [6, 6.07) is 14.6. The molecule has 0 aliphatic rings. The van der Waals surface area contributed by atoms with Crippen LogP contribution in [-0.2, 0) is 6.42 Å². The van der Waals surface area contributed by atoms with Gasteiger partial charge in [0, 0.05) is 14.3 Å². The molecular formula is C15H13Br2Cl. The van der Waals surface area contributed by atoms with Gasteiger partial charge in [-0.05, 0) is 36.6 Å². The first-order valence-electron chi connectivity index (χ1n) is 5.71. The van der Waals surface area contributed by atoms with E-state index in [2.05, 4.69) is 69.1 Å². The summed E-state index contributed by atoms with van der Waals surface area (Å²) in [4.78, 5) is 0.236. The van der Waals surface area contributed by atoms with Crippen molar-refractivity contribution in [1.29, 1.82) is 0 Å². The highest BCUT2D eigenvalue weighted by Crippen LogP contribution is 2.33. The molecule has 0 spiro atoms. The first-order chi connectivity index (χ1) is 8.56. The van der Waals surface area contributed by atoms with Crippen LogP contribution in [0.25, 0.3) is 0 Å². The van der Waals surface area contributed by atoms with E-state index < -0.39 is 0 Å². The average Bonchev–Trinajstić information content (AvgIpc) is 2.28. The second-order valence-corrected chi connectivity index (χ2v) is 6.75. The second-order valence-electron chi connectivity index (χ2n) is 4.33. The number of hydrogen-bond acceptors (Lipinski definition) is 0. The van der Waals surface area contributed by atoms with E-state index in [0.29, 0.717) is 0 Å². The van der Waals surface area contributed by atoms with E-state index in [9.17, 15) is 0 Å². The van der Waals surface area contributed by atoms with Crippen molar-refractivity contribution in [2.24, 2.45) is 0 Å². The normalized spacial score (nSPS) is 12.4.